The molecule has 0 N–H and O–H groups in total. The fourth-order valence-corrected chi connectivity index (χ4v) is 2.76. The monoisotopic (exact) mass is 303 g/mol. The highest BCUT2D eigenvalue weighted by Crippen LogP contribution is 2.15. The lowest BCUT2D eigenvalue weighted by Crippen LogP contribution is -2.11. The van der Waals surface area contributed by atoms with Crippen molar-refractivity contribution in [2.24, 2.45) is 0 Å². The second-order valence-electron chi connectivity index (χ2n) is 4.53. The molecule has 0 amide bonds. The maximum atomic E-state index is 12.1. The maximum absolute atomic E-state index is 12.1. The number of carbonyl (C=O) groups is 1. The molecule has 0 aliphatic heterocycles. The Bertz CT molecular complexity index is 693. The minimum Gasteiger partial charge on any atom is -0.293 e. The van der Waals surface area contributed by atoms with E-state index >= 15 is 0 Å². The van der Waals surface area contributed by atoms with Crippen molar-refractivity contribution in [2.75, 3.05) is 5.75 Å². The molecule has 5 nitrogen and oxygen atoms in total. The van der Waals surface area contributed by atoms with Crippen LogP contribution in [-0.4, -0.2) is 20.7 Å². The summed E-state index contributed by atoms with van der Waals surface area (Å²) in [6.45, 7) is 1.92. The summed E-state index contributed by atoms with van der Waals surface area (Å²) >= 11 is 0. The average molecular weight is 303 g/mol. The zero-order chi connectivity index (χ0) is 15.4. The number of hydrogen-bond donors (Lipinski definition) is 0. The van der Waals surface area contributed by atoms with E-state index < -0.39 is 15.7 Å². The summed E-state index contributed by atoms with van der Waals surface area (Å²) in [5.74, 6) is -0.354. The van der Waals surface area contributed by atoms with Crippen LogP contribution in [0.3, 0.4) is 0 Å². The number of nitrogens with zero attached hydrogens (tertiary/aromatic N) is 1. The average Bonchev–Trinajstić information content (AvgIpc) is 2.47. The lowest BCUT2D eigenvalue weighted by Gasteiger charge is -2.03. The lowest BCUT2D eigenvalue weighted by molar-refractivity contribution is -0.384. The van der Waals surface area contributed by atoms with Gasteiger partial charge in [0.05, 0.1) is 21.5 Å². The topological polar surface area (TPSA) is 77.3 Å². The Morgan fingerprint density at radius 3 is 2.19 bits per heavy atom. The smallest absolute Gasteiger partial charge is 0.269 e. The first-order valence-corrected chi connectivity index (χ1v) is 7.52. The van der Waals surface area contributed by atoms with E-state index in [0.717, 1.165) is 5.56 Å². The molecule has 0 aliphatic rings. The number of non-ortho nitro benzene ring substituents is 1. The highest BCUT2D eigenvalue weighted by Gasteiger charge is 2.13. The van der Waals surface area contributed by atoms with Gasteiger partial charge in [-0.1, -0.05) is 29.8 Å². The molecule has 21 heavy (non-hydrogen) atoms. The van der Waals surface area contributed by atoms with Gasteiger partial charge < -0.3 is 0 Å². The number of Topliss-reactive ketones (excluding diaryl/α,β-unsaturated/α-hetero) is 1. The minimum absolute atomic E-state index is 0.0689. The van der Waals surface area contributed by atoms with E-state index in [1.54, 1.807) is 12.1 Å². The summed E-state index contributed by atoms with van der Waals surface area (Å²) < 4.78 is 12.1. The van der Waals surface area contributed by atoms with Crippen LogP contribution in [0.5, 0.6) is 0 Å². The van der Waals surface area contributed by atoms with Crippen molar-refractivity contribution < 1.29 is 13.9 Å². The van der Waals surface area contributed by atoms with Gasteiger partial charge in [0, 0.05) is 22.6 Å². The van der Waals surface area contributed by atoms with Gasteiger partial charge in [0.25, 0.3) is 5.69 Å². The molecule has 0 aliphatic carbocycles. The van der Waals surface area contributed by atoms with Crippen molar-refractivity contribution in [2.45, 2.75) is 11.8 Å². The number of aryl methyl sites for hydroxylation is 1. The van der Waals surface area contributed by atoms with E-state index in [1.165, 1.54) is 24.3 Å². The summed E-state index contributed by atoms with van der Waals surface area (Å²) in [5.41, 5.74) is 1.49. The van der Waals surface area contributed by atoms with E-state index in [-0.39, 0.29) is 17.2 Å². The van der Waals surface area contributed by atoms with Gasteiger partial charge in [0.1, 0.15) is 0 Å². The molecule has 108 valence electrons. The summed E-state index contributed by atoms with van der Waals surface area (Å²) in [4.78, 5) is 22.4. The zero-order valence-electron chi connectivity index (χ0n) is 11.3. The Morgan fingerprint density at radius 2 is 1.67 bits per heavy atom. The van der Waals surface area contributed by atoms with Crippen molar-refractivity contribution in [3.8, 4) is 0 Å². The number of ketones is 1. The Kier molecular flexibility index (Phi) is 4.59. The second kappa shape index (κ2) is 6.41. The summed E-state index contributed by atoms with van der Waals surface area (Å²) in [6.07, 6.45) is 0. The Morgan fingerprint density at radius 1 is 1.10 bits per heavy atom. The minimum atomic E-state index is -1.51. The Balaban J connectivity index is 2.08. The molecule has 1 atom stereocenters. The van der Waals surface area contributed by atoms with Gasteiger partial charge in [-0.25, -0.2) is 0 Å². The first-order valence-electron chi connectivity index (χ1n) is 6.20. The summed E-state index contributed by atoms with van der Waals surface area (Å²) in [6, 6.07) is 12.4. The molecular weight excluding hydrogens is 290 g/mol. The largest absolute Gasteiger partial charge is 0.293 e. The number of nitro groups is 1. The maximum Gasteiger partial charge on any atom is 0.269 e. The third-order valence-electron chi connectivity index (χ3n) is 2.95. The predicted octanol–water partition coefficient (Wildman–Crippen LogP) is 2.89. The Labute approximate surface area is 124 Å². The highest BCUT2D eigenvalue weighted by atomic mass is 32.2. The van der Waals surface area contributed by atoms with Crippen LogP contribution in [0.15, 0.2) is 53.4 Å². The molecule has 2 aromatic carbocycles. The number of carbonyl (C=O) groups excluding carboxylic acids is 1. The second-order valence-corrected chi connectivity index (χ2v) is 5.98. The van der Waals surface area contributed by atoms with Crippen LogP contribution in [0.2, 0.25) is 0 Å². The third kappa shape index (κ3) is 3.82. The van der Waals surface area contributed by atoms with Crippen LogP contribution >= 0.6 is 0 Å². The molecule has 0 radical (unpaired) electrons. The van der Waals surface area contributed by atoms with Crippen molar-refractivity contribution in [3.63, 3.8) is 0 Å². The molecule has 6 heteroatoms. The van der Waals surface area contributed by atoms with Crippen LogP contribution in [0.25, 0.3) is 0 Å². The number of benzene rings is 2. The molecule has 0 bridgehead atoms. The van der Waals surface area contributed by atoms with Crippen LogP contribution in [0.1, 0.15) is 15.9 Å². The molecule has 0 fully saturated rings. The van der Waals surface area contributed by atoms with Gasteiger partial charge in [-0.3, -0.25) is 19.1 Å². The zero-order valence-corrected chi connectivity index (χ0v) is 12.1. The van der Waals surface area contributed by atoms with Gasteiger partial charge in [-0.15, -0.1) is 0 Å². The van der Waals surface area contributed by atoms with E-state index in [0.29, 0.717) is 10.5 Å². The van der Waals surface area contributed by atoms with Gasteiger partial charge in [0.15, 0.2) is 5.78 Å². The highest BCUT2D eigenvalue weighted by molar-refractivity contribution is 7.85. The van der Waals surface area contributed by atoms with Crippen LogP contribution in [0.4, 0.5) is 5.69 Å². The molecule has 1 unspecified atom stereocenters. The van der Waals surface area contributed by atoms with Gasteiger partial charge >= 0.3 is 0 Å². The molecule has 0 saturated carbocycles. The number of hydrogen-bond acceptors (Lipinski definition) is 4. The third-order valence-corrected chi connectivity index (χ3v) is 4.27. The van der Waals surface area contributed by atoms with Crippen LogP contribution in [-0.2, 0) is 10.8 Å². The number of nitro benzene ring substituents is 1. The quantitative estimate of drug-likeness (QED) is 0.483. The van der Waals surface area contributed by atoms with E-state index in [1.807, 2.05) is 19.1 Å². The molecule has 2 aromatic rings. The summed E-state index contributed by atoms with van der Waals surface area (Å²) in [7, 11) is -1.51. The first kappa shape index (κ1) is 15.1. The van der Waals surface area contributed by atoms with Crippen molar-refractivity contribution >= 4 is 22.3 Å². The molecule has 0 aromatic heterocycles. The molecule has 0 heterocycles. The van der Waals surface area contributed by atoms with Crippen LogP contribution < -0.4 is 0 Å². The molecule has 0 spiro atoms. The van der Waals surface area contributed by atoms with Crippen molar-refractivity contribution in [1.82, 2.24) is 0 Å². The predicted molar refractivity (Wildman–Crippen MR) is 79.9 cm³/mol. The Hall–Kier alpha value is -2.34. The fourth-order valence-electron chi connectivity index (χ4n) is 1.74. The van der Waals surface area contributed by atoms with Crippen molar-refractivity contribution in [3.05, 3.63) is 69.8 Å². The standard InChI is InChI=1S/C15H13NO4S/c1-11-2-4-12(5-3-11)15(17)10-21(20)14-8-6-13(7-9-14)16(18)19/h2-9H,10H2,1H3. The van der Waals surface area contributed by atoms with Crippen molar-refractivity contribution in [1.29, 1.82) is 0 Å². The van der Waals surface area contributed by atoms with Gasteiger partial charge in [-0.2, -0.15) is 0 Å². The van der Waals surface area contributed by atoms with Gasteiger partial charge in [0.2, 0.25) is 0 Å². The fraction of sp³-hybridized carbons (Fsp3) is 0.133. The molecule has 2 rings (SSSR count). The number of rotatable bonds is 5. The first-order chi connectivity index (χ1) is 9.97. The lowest BCUT2D eigenvalue weighted by atomic mass is 10.1. The van der Waals surface area contributed by atoms with Crippen LogP contribution in [0, 0.1) is 17.0 Å². The van der Waals surface area contributed by atoms with Gasteiger partial charge in [-0.05, 0) is 19.1 Å². The normalized spacial score (nSPS) is 11.9. The molecular formula is C15H13NO4S. The van der Waals surface area contributed by atoms with E-state index in [4.69, 9.17) is 0 Å². The van der Waals surface area contributed by atoms with E-state index in [2.05, 4.69) is 0 Å². The van der Waals surface area contributed by atoms with E-state index in [9.17, 15) is 19.1 Å². The summed E-state index contributed by atoms with van der Waals surface area (Å²) in [5, 5.41) is 10.5. The molecule has 0 saturated heterocycles. The SMILES string of the molecule is Cc1ccc(C(=O)CS(=O)c2ccc([N+](=O)[O-])cc2)cc1.